The van der Waals surface area contributed by atoms with Crippen LogP contribution in [0.5, 0.6) is 0 Å². The number of piperazine rings is 1. The Morgan fingerprint density at radius 1 is 1.15 bits per heavy atom. The number of fused-ring (bicyclic) bond motifs is 1. The molecule has 0 radical (unpaired) electrons. The molecule has 1 amide bonds. The number of pyridine rings is 1. The number of benzene rings is 1. The van der Waals surface area contributed by atoms with E-state index in [2.05, 4.69) is 34.0 Å². The molecule has 9 nitrogen and oxygen atoms in total. The first kappa shape index (κ1) is 22.9. The minimum atomic E-state index is -3.36. The smallest absolute Gasteiger partial charge is 0.270 e. The Bertz CT molecular complexity index is 1260. The normalized spacial score (nSPS) is 14.7. The molecule has 1 aliphatic heterocycles. The molecule has 10 heteroatoms. The summed E-state index contributed by atoms with van der Waals surface area (Å²) in [5.41, 5.74) is 2.84. The molecule has 0 saturated carbocycles. The maximum Gasteiger partial charge on any atom is 0.270 e. The van der Waals surface area contributed by atoms with E-state index in [1.54, 1.807) is 30.5 Å². The van der Waals surface area contributed by atoms with Crippen molar-refractivity contribution in [2.24, 2.45) is 0 Å². The van der Waals surface area contributed by atoms with Gasteiger partial charge in [-0.25, -0.2) is 13.4 Å². The zero-order valence-electron chi connectivity index (χ0n) is 19.4. The fraction of sp³-hybridized carbons (Fsp3) is 0.391. The Hall–Kier alpha value is -3.27. The highest BCUT2D eigenvalue weighted by molar-refractivity contribution is 7.92. The third-order valence-electron chi connectivity index (χ3n) is 5.79. The molecule has 0 unspecified atom stereocenters. The number of carbonyl (C=O) groups excluding carboxylic acids is 1. The molecule has 1 saturated heterocycles. The molecule has 0 bridgehead atoms. The summed E-state index contributed by atoms with van der Waals surface area (Å²) in [5.74, 6) is 0.844. The fourth-order valence-electron chi connectivity index (χ4n) is 3.99. The lowest BCUT2D eigenvalue weighted by Gasteiger charge is -2.36. The van der Waals surface area contributed by atoms with Crippen molar-refractivity contribution in [1.29, 1.82) is 0 Å². The van der Waals surface area contributed by atoms with E-state index < -0.39 is 10.0 Å². The highest BCUT2D eigenvalue weighted by Crippen LogP contribution is 2.26. The van der Waals surface area contributed by atoms with Crippen LogP contribution in [-0.2, 0) is 10.0 Å². The van der Waals surface area contributed by atoms with Crippen LogP contribution in [0, 0.1) is 0 Å². The molecule has 1 aliphatic rings. The Balaban J connectivity index is 1.47. The molecular formula is C23H30N6O3S. The zero-order chi connectivity index (χ0) is 23.8. The van der Waals surface area contributed by atoms with Crippen molar-refractivity contribution in [3.05, 3.63) is 48.3 Å². The predicted molar refractivity (Wildman–Crippen MR) is 133 cm³/mol. The number of hydrogen-bond donors (Lipinski definition) is 2. The number of H-pyrrole nitrogens is 1. The van der Waals surface area contributed by atoms with E-state index in [1.807, 2.05) is 17.0 Å². The van der Waals surface area contributed by atoms with Crippen LogP contribution in [0.2, 0.25) is 0 Å². The van der Waals surface area contributed by atoms with Crippen LogP contribution in [0.4, 0.5) is 17.2 Å². The van der Waals surface area contributed by atoms with Gasteiger partial charge >= 0.3 is 0 Å². The number of nitrogens with one attached hydrogen (secondary N) is 2. The highest BCUT2D eigenvalue weighted by atomic mass is 32.2. The Kier molecular flexibility index (Phi) is 6.20. The lowest BCUT2D eigenvalue weighted by molar-refractivity contribution is 0.0741. The monoisotopic (exact) mass is 470 g/mol. The van der Waals surface area contributed by atoms with Gasteiger partial charge in [0.1, 0.15) is 5.69 Å². The molecule has 3 aromatic rings. The largest absolute Gasteiger partial charge is 0.380 e. The summed E-state index contributed by atoms with van der Waals surface area (Å²) in [5, 5.41) is 4.23. The summed E-state index contributed by atoms with van der Waals surface area (Å²) in [6.45, 7) is 6.76. The lowest BCUT2D eigenvalue weighted by Crippen LogP contribution is -2.49. The third-order valence-corrected chi connectivity index (χ3v) is 7.00. The van der Waals surface area contributed by atoms with Gasteiger partial charge in [0.15, 0.2) is 5.82 Å². The summed E-state index contributed by atoms with van der Waals surface area (Å²) in [6.07, 6.45) is 2.95. The Morgan fingerprint density at radius 3 is 2.55 bits per heavy atom. The van der Waals surface area contributed by atoms with Crippen LogP contribution in [0.25, 0.3) is 10.9 Å². The number of hydrogen-bond acceptors (Lipinski definition) is 6. The van der Waals surface area contributed by atoms with E-state index in [9.17, 15) is 13.2 Å². The lowest BCUT2D eigenvalue weighted by atomic mass is 10.2. The summed E-state index contributed by atoms with van der Waals surface area (Å²) in [6, 6.07) is 11.3. The quantitative estimate of drug-likeness (QED) is 0.574. The molecule has 3 heterocycles. The Labute approximate surface area is 194 Å². The van der Waals surface area contributed by atoms with Crippen LogP contribution in [0.1, 0.15) is 24.3 Å². The molecular weight excluding hydrogens is 440 g/mol. The van der Waals surface area contributed by atoms with Crippen LogP contribution < -0.4 is 14.5 Å². The van der Waals surface area contributed by atoms with Gasteiger partial charge in [-0.2, -0.15) is 0 Å². The van der Waals surface area contributed by atoms with Gasteiger partial charge in [0.2, 0.25) is 10.0 Å². The van der Waals surface area contributed by atoms with E-state index in [1.165, 1.54) is 11.4 Å². The van der Waals surface area contributed by atoms with Gasteiger partial charge in [-0.3, -0.25) is 9.10 Å². The van der Waals surface area contributed by atoms with Crippen molar-refractivity contribution in [3.63, 3.8) is 0 Å². The first-order valence-electron chi connectivity index (χ1n) is 11.0. The van der Waals surface area contributed by atoms with Crippen LogP contribution in [0.15, 0.2) is 42.6 Å². The van der Waals surface area contributed by atoms with Gasteiger partial charge in [0.25, 0.3) is 5.91 Å². The van der Waals surface area contributed by atoms with Gasteiger partial charge in [-0.15, -0.1) is 0 Å². The molecule has 0 atom stereocenters. The van der Waals surface area contributed by atoms with Gasteiger partial charge in [0.05, 0.1) is 17.6 Å². The molecule has 2 aromatic heterocycles. The number of nitrogens with zero attached hydrogens (tertiary/aromatic N) is 4. The van der Waals surface area contributed by atoms with Crippen molar-refractivity contribution < 1.29 is 13.2 Å². The number of rotatable bonds is 6. The van der Waals surface area contributed by atoms with Gasteiger partial charge in [-0.05, 0) is 50.2 Å². The third kappa shape index (κ3) is 4.90. The first-order valence-corrected chi connectivity index (χ1v) is 12.8. The minimum absolute atomic E-state index is 0.0644. The summed E-state index contributed by atoms with van der Waals surface area (Å²) in [7, 11) is -1.84. The topological polar surface area (TPSA) is 102 Å². The second-order valence-corrected chi connectivity index (χ2v) is 10.7. The molecule has 176 valence electrons. The fourth-order valence-corrected chi connectivity index (χ4v) is 4.48. The van der Waals surface area contributed by atoms with Crippen LogP contribution in [0.3, 0.4) is 0 Å². The number of carbonyl (C=O) groups is 1. The van der Waals surface area contributed by atoms with Crippen LogP contribution >= 0.6 is 0 Å². The van der Waals surface area contributed by atoms with Gasteiger partial charge < -0.3 is 20.1 Å². The average molecular weight is 471 g/mol. The minimum Gasteiger partial charge on any atom is -0.380 e. The van der Waals surface area contributed by atoms with E-state index >= 15 is 0 Å². The van der Waals surface area contributed by atoms with Crippen molar-refractivity contribution in [3.8, 4) is 0 Å². The van der Waals surface area contributed by atoms with E-state index in [-0.39, 0.29) is 5.91 Å². The van der Waals surface area contributed by atoms with Gasteiger partial charge in [0, 0.05) is 56.4 Å². The molecule has 0 aliphatic carbocycles. The zero-order valence-corrected chi connectivity index (χ0v) is 20.2. The number of amides is 1. The number of aromatic amines is 1. The van der Waals surface area contributed by atoms with Crippen molar-refractivity contribution >= 4 is 44.0 Å². The molecule has 2 N–H and O–H groups in total. The van der Waals surface area contributed by atoms with Crippen molar-refractivity contribution in [1.82, 2.24) is 14.9 Å². The molecule has 4 rings (SSSR count). The molecule has 0 spiro atoms. The van der Waals surface area contributed by atoms with E-state index in [0.29, 0.717) is 43.6 Å². The van der Waals surface area contributed by atoms with Crippen LogP contribution in [-0.4, -0.2) is 74.7 Å². The Morgan fingerprint density at radius 2 is 1.88 bits per heavy atom. The molecule has 1 fully saturated rings. The standard InChI is InChI=1S/C23H30N6O3S/c1-16(2)25-20-6-5-9-24-22(20)28-10-12-29(13-11-28)23(30)21-15-17-14-18(7-8-19(17)26-21)27(3)33(4,31)32/h5-9,14-16,25-26H,10-13H2,1-4H3. The number of aromatic nitrogens is 2. The summed E-state index contributed by atoms with van der Waals surface area (Å²) < 4.78 is 24.9. The number of sulfonamides is 1. The molecule has 33 heavy (non-hydrogen) atoms. The maximum absolute atomic E-state index is 13.1. The van der Waals surface area contributed by atoms with Gasteiger partial charge in [-0.1, -0.05) is 0 Å². The second-order valence-electron chi connectivity index (χ2n) is 8.64. The van der Waals surface area contributed by atoms with Crippen molar-refractivity contribution in [2.75, 3.05) is 54.0 Å². The maximum atomic E-state index is 13.1. The van der Waals surface area contributed by atoms with E-state index in [0.717, 1.165) is 28.7 Å². The van der Waals surface area contributed by atoms with Crippen molar-refractivity contribution in [2.45, 2.75) is 19.9 Å². The predicted octanol–water partition coefficient (Wildman–Crippen LogP) is 2.74. The SMILES string of the molecule is CC(C)Nc1cccnc1N1CCN(C(=O)c2cc3cc(N(C)S(C)(=O)=O)ccc3[nH]2)CC1. The van der Waals surface area contributed by atoms with E-state index in [4.69, 9.17) is 0 Å². The molecule has 1 aromatic carbocycles. The first-order chi connectivity index (χ1) is 15.6. The summed E-state index contributed by atoms with van der Waals surface area (Å²) >= 11 is 0. The highest BCUT2D eigenvalue weighted by Gasteiger charge is 2.25. The average Bonchev–Trinajstić information content (AvgIpc) is 3.21. The summed E-state index contributed by atoms with van der Waals surface area (Å²) in [4.78, 5) is 24.9. The number of anilines is 3. The second kappa shape index (κ2) is 8.93.